The number of likely N-dealkylation sites (N-methyl/N-ethyl adjacent to an activating group) is 1. The minimum Gasteiger partial charge on any atom is -0.480 e. The summed E-state index contributed by atoms with van der Waals surface area (Å²) in [7, 11) is -0.478. The van der Waals surface area contributed by atoms with Crippen molar-refractivity contribution in [3.05, 3.63) is 29.8 Å². The fourth-order valence-corrected chi connectivity index (χ4v) is 4.18. The molecule has 0 aliphatic carbocycles. The van der Waals surface area contributed by atoms with Gasteiger partial charge in [0.2, 0.25) is 10.0 Å². The Morgan fingerprint density at radius 2 is 1.74 bits per heavy atom. The summed E-state index contributed by atoms with van der Waals surface area (Å²) in [6, 6.07) is 3.41. The van der Waals surface area contributed by atoms with Crippen LogP contribution in [-0.4, -0.2) is 72.5 Å². The maximum atomic E-state index is 12.7. The van der Waals surface area contributed by atoms with Gasteiger partial charge in [-0.1, -0.05) is 0 Å². The van der Waals surface area contributed by atoms with Crippen LogP contribution in [0, 0.1) is 0 Å². The summed E-state index contributed by atoms with van der Waals surface area (Å²) in [5, 5.41) is 18.2. The number of hydrogen-bond donors (Lipinski definition) is 2. The van der Waals surface area contributed by atoms with Gasteiger partial charge in [0.15, 0.2) is 0 Å². The number of aliphatic carboxylic acids is 1. The number of aromatic carboxylic acids is 1. The van der Waals surface area contributed by atoms with E-state index in [1.807, 2.05) is 0 Å². The number of hydrogen-bond acceptors (Lipinski definition) is 5. The monoisotopic (exact) mass is 342 g/mol. The number of sulfonamides is 1. The molecule has 1 aromatic carbocycles. The lowest BCUT2D eigenvalue weighted by atomic mass is 10.1. The summed E-state index contributed by atoms with van der Waals surface area (Å²) < 4.78 is 26.4. The average Bonchev–Trinajstić information content (AvgIpc) is 2.93. The molecule has 1 aromatic rings. The van der Waals surface area contributed by atoms with Crippen LogP contribution in [0.4, 0.5) is 0 Å². The molecule has 0 amide bonds. The molecule has 0 spiro atoms. The van der Waals surface area contributed by atoms with Gasteiger partial charge in [-0.2, -0.15) is 4.31 Å². The zero-order chi connectivity index (χ0) is 17.4. The first kappa shape index (κ1) is 17.4. The third-order valence-corrected chi connectivity index (χ3v) is 5.85. The lowest BCUT2D eigenvalue weighted by Gasteiger charge is -2.21. The lowest BCUT2D eigenvalue weighted by Crippen LogP contribution is -2.40. The van der Waals surface area contributed by atoms with Gasteiger partial charge in [-0.3, -0.25) is 4.79 Å². The highest BCUT2D eigenvalue weighted by molar-refractivity contribution is 7.89. The molecule has 2 N–H and O–H groups in total. The Balaban J connectivity index is 2.36. The topological polar surface area (TPSA) is 115 Å². The van der Waals surface area contributed by atoms with Crippen molar-refractivity contribution in [3.8, 4) is 0 Å². The van der Waals surface area contributed by atoms with Gasteiger partial charge < -0.3 is 15.1 Å². The minimum absolute atomic E-state index is 0.0358. The largest absolute Gasteiger partial charge is 0.480 e. The van der Waals surface area contributed by atoms with Crippen molar-refractivity contribution >= 4 is 22.0 Å². The van der Waals surface area contributed by atoms with E-state index in [0.29, 0.717) is 0 Å². The Morgan fingerprint density at radius 1 is 1.17 bits per heavy atom. The standard InChI is InChI=1S/C14H18N2O6S/c1-15(2)10-7-12(14(19)20)16(8-10)23(21,22)11-5-3-9(4-6-11)13(17)18/h3-6,10,12H,7-8H2,1-2H3,(H,17,18)(H,19,20)/t10-,12+/m1/s1. The average molecular weight is 342 g/mol. The maximum Gasteiger partial charge on any atom is 0.335 e. The molecule has 23 heavy (non-hydrogen) atoms. The molecule has 0 aromatic heterocycles. The van der Waals surface area contributed by atoms with E-state index in [1.54, 1.807) is 19.0 Å². The van der Waals surface area contributed by atoms with Crippen molar-refractivity contribution in [1.29, 1.82) is 0 Å². The predicted molar refractivity (Wildman–Crippen MR) is 80.8 cm³/mol. The zero-order valence-corrected chi connectivity index (χ0v) is 13.5. The second-order valence-corrected chi connectivity index (χ2v) is 7.50. The molecule has 1 saturated heterocycles. The smallest absolute Gasteiger partial charge is 0.335 e. The van der Waals surface area contributed by atoms with Crippen LogP contribution in [0.15, 0.2) is 29.2 Å². The number of benzene rings is 1. The molecular formula is C14H18N2O6S. The zero-order valence-electron chi connectivity index (χ0n) is 12.7. The molecule has 0 saturated carbocycles. The van der Waals surface area contributed by atoms with Crippen molar-refractivity contribution in [2.75, 3.05) is 20.6 Å². The van der Waals surface area contributed by atoms with E-state index in [-0.39, 0.29) is 29.5 Å². The molecule has 0 radical (unpaired) electrons. The van der Waals surface area contributed by atoms with Gasteiger partial charge in [0.1, 0.15) is 6.04 Å². The van der Waals surface area contributed by atoms with Crippen LogP contribution >= 0.6 is 0 Å². The Labute approximate surface area is 134 Å². The highest BCUT2D eigenvalue weighted by Crippen LogP contribution is 2.28. The Hall–Kier alpha value is -1.97. The number of carbonyl (C=O) groups is 2. The molecule has 1 fully saturated rings. The minimum atomic E-state index is -4.01. The van der Waals surface area contributed by atoms with Crippen LogP contribution in [0.25, 0.3) is 0 Å². The molecule has 2 atom stereocenters. The lowest BCUT2D eigenvalue weighted by molar-refractivity contribution is -0.140. The first-order valence-electron chi connectivity index (χ1n) is 6.89. The van der Waals surface area contributed by atoms with Crippen LogP contribution in [0.2, 0.25) is 0 Å². The normalized spacial score (nSPS) is 22.4. The fourth-order valence-electron chi connectivity index (χ4n) is 2.55. The third kappa shape index (κ3) is 3.36. The second kappa shape index (κ2) is 6.26. The van der Waals surface area contributed by atoms with E-state index in [0.717, 1.165) is 4.31 Å². The van der Waals surface area contributed by atoms with Crippen molar-refractivity contribution < 1.29 is 28.2 Å². The summed E-state index contributed by atoms with van der Waals surface area (Å²) in [4.78, 5) is 23.9. The molecular weight excluding hydrogens is 324 g/mol. The van der Waals surface area contributed by atoms with Crippen molar-refractivity contribution in [2.24, 2.45) is 0 Å². The summed E-state index contributed by atoms with van der Waals surface area (Å²) in [6.45, 7) is 0.0764. The highest BCUT2D eigenvalue weighted by atomic mass is 32.2. The molecule has 0 unspecified atom stereocenters. The second-order valence-electron chi connectivity index (χ2n) is 5.61. The van der Waals surface area contributed by atoms with Gasteiger partial charge >= 0.3 is 11.9 Å². The van der Waals surface area contributed by atoms with Crippen LogP contribution in [-0.2, 0) is 14.8 Å². The Morgan fingerprint density at radius 3 is 2.17 bits per heavy atom. The van der Waals surface area contributed by atoms with Gasteiger partial charge in [-0.05, 0) is 44.8 Å². The van der Waals surface area contributed by atoms with E-state index < -0.39 is 28.0 Å². The summed E-state index contributed by atoms with van der Waals surface area (Å²) in [5.41, 5.74) is -0.0358. The van der Waals surface area contributed by atoms with E-state index in [9.17, 15) is 23.1 Å². The highest BCUT2D eigenvalue weighted by Gasteiger charge is 2.44. The fraction of sp³-hybridized carbons (Fsp3) is 0.429. The molecule has 0 bridgehead atoms. The number of carboxylic acids is 2. The first-order chi connectivity index (χ1) is 10.6. The summed E-state index contributed by atoms with van der Waals surface area (Å²) >= 11 is 0. The third-order valence-electron chi connectivity index (χ3n) is 3.96. The predicted octanol–water partition coefficient (Wildman–Crippen LogP) is 0.163. The van der Waals surface area contributed by atoms with Crippen molar-refractivity contribution in [1.82, 2.24) is 9.21 Å². The van der Waals surface area contributed by atoms with Crippen LogP contribution in [0.3, 0.4) is 0 Å². The number of carboxylic acid groups (broad SMARTS) is 2. The molecule has 1 aliphatic heterocycles. The molecule has 1 aliphatic rings. The molecule has 1 heterocycles. The first-order valence-corrected chi connectivity index (χ1v) is 8.33. The Kier molecular flexibility index (Phi) is 4.73. The van der Waals surface area contributed by atoms with Gasteiger partial charge in [0.25, 0.3) is 0 Å². The summed E-state index contributed by atoms with van der Waals surface area (Å²) in [6.07, 6.45) is 0.203. The Bertz CT molecular complexity index is 713. The van der Waals surface area contributed by atoms with Crippen LogP contribution in [0.5, 0.6) is 0 Å². The van der Waals surface area contributed by atoms with E-state index in [1.165, 1.54) is 24.3 Å². The van der Waals surface area contributed by atoms with E-state index >= 15 is 0 Å². The van der Waals surface area contributed by atoms with E-state index in [2.05, 4.69) is 0 Å². The van der Waals surface area contributed by atoms with Gasteiger partial charge in [0, 0.05) is 12.6 Å². The van der Waals surface area contributed by atoms with Gasteiger partial charge in [-0.15, -0.1) is 0 Å². The SMILES string of the molecule is CN(C)[C@@H]1C[C@@H](C(=O)O)N(S(=O)(=O)c2ccc(C(=O)O)cc2)C1. The van der Waals surface area contributed by atoms with Gasteiger partial charge in [-0.25, -0.2) is 13.2 Å². The molecule has 126 valence electrons. The van der Waals surface area contributed by atoms with Crippen molar-refractivity contribution in [3.63, 3.8) is 0 Å². The number of rotatable bonds is 5. The quantitative estimate of drug-likeness (QED) is 0.783. The molecule has 8 nitrogen and oxygen atoms in total. The van der Waals surface area contributed by atoms with Crippen LogP contribution in [0.1, 0.15) is 16.8 Å². The van der Waals surface area contributed by atoms with Gasteiger partial charge in [0.05, 0.1) is 10.5 Å². The number of nitrogens with zero attached hydrogens (tertiary/aromatic N) is 2. The van der Waals surface area contributed by atoms with E-state index in [4.69, 9.17) is 5.11 Å². The van der Waals surface area contributed by atoms with Crippen molar-refractivity contribution in [2.45, 2.75) is 23.4 Å². The molecule has 2 rings (SSSR count). The summed E-state index contributed by atoms with van der Waals surface area (Å²) in [5.74, 6) is -2.36. The maximum absolute atomic E-state index is 12.7. The molecule has 9 heteroatoms. The van der Waals surface area contributed by atoms with Crippen LogP contribution < -0.4 is 0 Å².